The summed E-state index contributed by atoms with van der Waals surface area (Å²) in [6.07, 6.45) is 4.65. The number of Topliss-reactive ketones (excluding diaryl/α,β-unsaturated/α-hetero) is 2. The summed E-state index contributed by atoms with van der Waals surface area (Å²) < 4.78 is 12.1. The van der Waals surface area contributed by atoms with Crippen LogP contribution in [0.25, 0.3) is 11.1 Å². The first-order valence-corrected chi connectivity index (χ1v) is 15.6. The Labute approximate surface area is 261 Å². The van der Waals surface area contributed by atoms with Crippen LogP contribution in [0.3, 0.4) is 0 Å². The summed E-state index contributed by atoms with van der Waals surface area (Å²) in [6.45, 7) is 6.06. The molecule has 1 aliphatic heterocycles. The van der Waals surface area contributed by atoms with Gasteiger partial charge in [-0.05, 0) is 36.0 Å². The fraction of sp³-hybridized carbons (Fsp3) is 0.515. The number of halogens is 1. The molecule has 5 rings (SSSR count). The van der Waals surface area contributed by atoms with E-state index in [4.69, 9.17) is 26.5 Å². The monoisotopic (exact) mass is 622 g/mol. The van der Waals surface area contributed by atoms with Gasteiger partial charge < -0.3 is 19.8 Å². The van der Waals surface area contributed by atoms with Crippen LogP contribution >= 0.6 is 11.6 Å². The summed E-state index contributed by atoms with van der Waals surface area (Å²) in [7, 11) is 0. The number of likely N-dealkylation sites (tertiary alicyclic amines) is 1. The number of ether oxygens (including phenoxy) is 1. The molecule has 1 aliphatic carbocycles. The number of para-hydroxylation sites is 2. The first kappa shape index (κ1) is 31.6. The third-order valence-electron chi connectivity index (χ3n) is 8.87. The molecule has 11 heteroatoms. The lowest BCUT2D eigenvalue weighted by Crippen LogP contribution is -2.48. The number of fused-ring (bicyclic) bond motifs is 1. The molecular weight excluding hydrogens is 584 g/mol. The van der Waals surface area contributed by atoms with Crippen LogP contribution < -0.4 is 10.5 Å². The predicted molar refractivity (Wildman–Crippen MR) is 164 cm³/mol. The molecule has 1 saturated carbocycles. The van der Waals surface area contributed by atoms with Crippen molar-refractivity contribution in [2.45, 2.75) is 77.9 Å². The van der Waals surface area contributed by atoms with Gasteiger partial charge in [0.05, 0.1) is 23.5 Å². The number of carbonyl (C=O) groups is 4. The zero-order valence-electron chi connectivity index (χ0n) is 25.3. The van der Waals surface area contributed by atoms with E-state index < -0.39 is 41.1 Å². The molecule has 1 aromatic carbocycles. The van der Waals surface area contributed by atoms with Crippen molar-refractivity contribution in [3.63, 3.8) is 0 Å². The first-order chi connectivity index (χ1) is 20.9. The number of carbonyl (C=O) groups excluding carboxylic acids is 4. The average molecular weight is 623 g/mol. The highest BCUT2D eigenvalue weighted by atomic mass is 35.5. The number of hydrogen-bond acceptors (Lipinski definition) is 8. The normalized spacial score (nSPS) is 20.2. The van der Waals surface area contributed by atoms with Gasteiger partial charge in [-0.15, -0.1) is 0 Å². The summed E-state index contributed by atoms with van der Waals surface area (Å²) in [6, 6.07) is 9.86. The maximum atomic E-state index is 14.4. The summed E-state index contributed by atoms with van der Waals surface area (Å²) in [4.78, 5) is 63.4. The van der Waals surface area contributed by atoms with E-state index in [-0.39, 0.29) is 43.4 Å². The van der Waals surface area contributed by atoms with Crippen LogP contribution in [0.4, 0.5) is 0 Å². The number of rotatable bonds is 12. The van der Waals surface area contributed by atoms with Gasteiger partial charge in [-0.25, -0.2) is 9.97 Å². The molecule has 0 spiro atoms. The molecule has 44 heavy (non-hydrogen) atoms. The van der Waals surface area contributed by atoms with Crippen LogP contribution in [0.1, 0.15) is 65.2 Å². The van der Waals surface area contributed by atoms with Gasteiger partial charge in [-0.3, -0.25) is 19.2 Å². The van der Waals surface area contributed by atoms with Crippen molar-refractivity contribution in [2.75, 3.05) is 6.54 Å². The molecule has 2 aliphatic rings. The molecule has 2 N–H and O–H groups in total. The second kappa shape index (κ2) is 13.1. The van der Waals surface area contributed by atoms with E-state index in [9.17, 15) is 19.2 Å². The lowest BCUT2D eigenvalue weighted by Gasteiger charge is -2.35. The van der Waals surface area contributed by atoms with E-state index in [2.05, 4.69) is 9.97 Å². The van der Waals surface area contributed by atoms with E-state index in [1.54, 1.807) is 17.0 Å². The Morgan fingerprint density at radius 2 is 1.89 bits per heavy atom. The number of benzene rings is 1. The van der Waals surface area contributed by atoms with Crippen LogP contribution in [0, 0.1) is 23.2 Å². The Kier molecular flexibility index (Phi) is 9.39. The second-order valence-electron chi connectivity index (χ2n) is 13.1. The molecule has 234 valence electrons. The third-order valence-corrected chi connectivity index (χ3v) is 9.09. The van der Waals surface area contributed by atoms with Crippen LogP contribution in [-0.2, 0) is 25.6 Å². The van der Waals surface area contributed by atoms with Crippen molar-refractivity contribution in [3.05, 3.63) is 53.5 Å². The fourth-order valence-corrected chi connectivity index (χ4v) is 6.29. The van der Waals surface area contributed by atoms with Gasteiger partial charge in [0.1, 0.15) is 11.6 Å². The third kappa shape index (κ3) is 7.29. The maximum Gasteiger partial charge on any atom is 0.285 e. The zero-order chi connectivity index (χ0) is 31.6. The zero-order valence-corrected chi connectivity index (χ0v) is 26.1. The van der Waals surface area contributed by atoms with Gasteiger partial charge in [0.2, 0.25) is 17.6 Å². The van der Waals surface area contributed by atoms with Crippen molar-refractivity contribution in [1.82, 2.24) is 14.9 Å². The summed E-state index contributed by atoms with van der Waals surface area (Å²) in [5, 5.41) is 0.456. The molecular formula is C33H39ClN4O6. The highest BCUT2D eigenvalue weighted by Crippen LogP contribution is 2.37. The minimum atomic E-state index is -1.04. The van der Waals surface area contributed by atoms with Gasteiger partial charge >= 0.3 is 0 Å². The molecule has 4 atom stereocenters. The molecule has 1 saturated heterocycles. The van der Waals surface area contributed by atoms with E-state index in [1.165, 1.54) is 6.20 Å². The van der Waals surface area contributed by atoms with Crippen LogP contribution in [0.2, 0.25) is 5.02 Å². The van der Waals surface area contributed by atoms with Gasteiger partial charge in [-0.1, -0.05) is 63.8 Å². The smallest absolute Gasteiger partial charge is 0.285 e. The number of ketones is 2. The summed E-state index contributed by atoms with van der Waals surface area (Å²) >= 11 is 5.99. The molecule has 1 unspecified atom stereocenters. The fourth-order valence-electron chi connectivity index (χ4n) is 6.17. The number of primary amides is 1. The topological polar surface area (TPSA) is 146 Å². The van der Waals surface area contributed by atoms with Crippen molar-refractivity contribution in [1.29, 1.82) is 0 Å². The lowest BCUT2D eigenvalue weighted by molar-refractivity contribution is -0.145. The van der Waals surface area contributed by atoms with Crippen molar-refractivity contribution >= 4 is 46.1 Å². The van der Waals surface area contributed by atoms with Gasteiger partial charge in [0, 0.05) is 37.4 Å². The molecule has 0 radical (unpaired) electrons. The number of amides is 2. The highest BCUT2D eigenvalue weighted by Gasteiger charge is 2.46. The number of oxazole rings is 1. The SMILES string of the molecule is CC(C)(C)[C@H](Cc1nc2ccccc2o1)C(=O)N1C[C@H](Oc2ccc(Cl)cn2)C[C@H]1C(=O)CC(CC1CCC1)C(=O)C(N)=O. The number of pyridine rings is 1. The summed E-state index contributed by atoms with van der Waals surface area (Å²) in [5.41, 5.74) is 6.21. The molecule has 3 aromatic rings. The highest BCUT2D eigenvalue weighted by molar-refractivity contribution is 6.36. The van der Waals surface area contributed by atoms with E-state index in [0.29, 0.717) is 34.3 Å². The molecule has 2 aromatic heterocycles. The Balaban J connectivity index is 1.41. The standard InChI is InChI=1S/C33H39ClN4O6/c1-33(2,3)23(16-29-37-24-9-4-5-10-27(24)44-29)32(42)38-18-22(43-28-12-11-21(34)17-36-28)15-25(38)26(39)14-20(30(40)31(35)41)13-19-7-6-8-19/h4-5,9-12,17,19-20,22-23,25H,6-8,13-16,18H2,1-3H3,(H2,35,41)/t20?,22-,23-,25+/m1/s1. The van der Waals surface area contributed by atoms with Crippen molar-refractivity contribution in [3.8, 4) is 5.88 Å². The molecule has 0 bridgehead atoms. The number of aromatic nitrogens is 2. The molecule has 2 amide bonds. The molecule has 2 fully saturated rings. The molecule has 3 heterocycles. The number of nitrogens with two attached hydrogens (primary N) is 1. The largest absolute Gasteiger partial charge is 0.472 e. The Morgan fingerprint density at radius 3 is 2.50 bits per heavy atom. The van der Waals surface area contributed by atoms with Crippen LogP contribution in [-0.4, -0.2) is 56.9 Å². The van der Waals surface area contributed by atoms with Crippen molar-refractivity contribution < 1.29 is 28.3 Å². The van der Waals surface area contributed by atoms with E-state index >= 15 is 0 Å². The predicted octanol–water partition coefficient (Wildman–Crippen LogP) is 4.95. The van der Waals surface area contributed by atoms with Gasteiger partial charge in [0.15, 0.2) is 17.3 Å². The first-order valence-electron chi connectivity index (χ1n) is 15.2. The average Bonchev–Trinajstić information content (AvgIpc) is 3.56. The quantitative estimate of drug-likeness (QED) is 0.279. The minimum absolute atomic E-state index is 0.150. The van der Waals surface area contributed by atoms with Crippen molar-refractivity contribution in [2.24, 2.45) is 28.9 Å². The Hall–Kier alpha value is -3.79. The lowest BCUT2D eigenvalue weighted by atomic mass is 9.76. The molecule has 10 nitrogen and oxygen atoms in total. The Morgan fingerprint density at radius 1 is 1.14 bits per heavy atom. The van der Waals surface area contributed by atoms with E-state index in [0.717, 1.165) is 19.3 Å². The van der Waals surface area contributed by atoms with E-state index in [1.807, 2.05) is 45.0 Å². The van der Waals surface area contributed by atoms with Gasteiger partial charge in [0.25, 0.3) is 5.91 Å². The minimum Gasteiger partial charge on any atom is -0.472 e. The Bertz CT molecular complexity index is 1490. The summed E-state index contributed by atoms with van der Waals surface area (Å²) in [5.74, 6) is -2.63. The number of hydrogen-bond donors (Lipinski definition) is 1. The van der Waals surface area contributed by atoms with Gasteiger partial charge in [-0.2, -0.15) is 0 Å². The van der Waals surface area contributed by atoms with Crippen LogP contribution in [0.15, 0.2) is 47.0 Å². The maximum absolute atomic E-state index is 14.4. The second-order valence-corrected chi connectivity index (χ2v) is 13.6. The van der Waals surface area contributed by atoms with Crippen LogP contribution in [0.5, 0.6) is 5.88 Å². The number of nitrogens with zero attached hydrogens (tertiary/aromatic N) is 3.